The van der Waals surface area contributed by atoms with Gasteiger partial charge in [-0.05, 0) is 45.0 Å². The van der Waals surface area contributed by atoms with Crippen LogP contribution in [0.15, 0.2) is 50.6 Å². The van der Waals surface area contributed by atoms with Crippen molar-refractivity contribution < 1.29 is 27.6 Å². The van der Waals surface area contributed by atoms with Crippen LogP contribution < -0.4 is 0 Å². The van der Waals surface area contributed by atoms with Gasteiger partial charge >= 0.3 is 12.1 Å². The summed E-state index contributed by atoms with van der Waals surface area (Å²) in [7, 11) is 0. The molecule has 2 aromatic carbocycles. The molecule has 0 amide bonds. The maximum Gasteiger partial charge on any atom is 0.416 e. The first-order valence-corrected chi connectivity index (χ1v) is 10.5. The monoisotopic (exact) mass is 463 g/mol. The van der Waals surface area contributed by atoms with E-state index in [-0.39, 0.29) is 21.0 Å². The first-order valence-electron chi connectivity index (χ1n) is 8.17. The molecule has 0 fully saturated rings. The number of carboxylic acids is 1. The molecule has 0 bridgehead atoms. The average Bonchev–Trinajstić information content (AvgIpc) is 2.60. The predicted molar refractivity (Wildman–Crippen MR) is 109 cm³/mol. The Bertz CT molecular complexity index is 943. The Balaban J connectivity index is 2.59. The van der Waals surface area contributed by atoms with E-state index in [0.717, 1.165) is 30.1 Å². The van der Waals surface area contributed by atoms with E-state index in [9.17, 15) is 27.6 Å². The van der Waals surface area contributed by atoms with Gasteiger partial charge in [0.2, 0.25) is 0 Å². The Labute approximate surface area is 178 Å². The zero-order chi connectivity index (χ0) is 22.0. The van der Waals surface area contributed by atoms with Crippen molar-refractivity contribution in [3.05, 3.63) is 58.1 Å². The number of carboxylic acid groups (broad SMARTS) is 1. The van der Waals surface area contributed by atoms with Crippen molar-refractivity contribution in [1.29, 1.82) is 0 Å². The van der Waals surface area contributed by atoms with Crippen LogP contribution in [-0.4, -0.2) is 26.6 Å². The second-order valence-corrected chi connectivity index (χ2v) is 10.3. The van der Waals surface area contributed by atoms with Crippen molar-refractivity contribution in [2.45, 2.75) is 41.5 Å². The molecule has 0 saturated heterocycles. The quantitative estimate of drug-likeness (QED) is 0.430. The lowest BCUT2D eigenvalue weighted by Crippen LogP contribution is -2.25. The van der Waals surface area contributed by atoms with Crippen LogP contribution in [0.3, 0.4) is 0 Å². The number of aromatic carboxylic acids is 1. The second-order valence-electron chi connectivity index (χ2n) is 6.87. The van der Waals surface area contributed by atoms with E-state index >= 15 is 0 Å². The zero-order valence-corrected chi connectivity index (χ0v) is 18.0. The largest absolute Gasteiger partial charge is 0.591 e. The van der Waals surface area contributed by atoms with Crippen molar-refractivity contribution >= 4 is 46.9 Å². The molecule has 1 unspecified atom stereocenters. The molecular formula is C19H17ClF3NO3S2. The van der Waals surface area contributed by atoms with Gasteiger partial charge in [-0.3, -0.25) is 0 Å². The summed E-state index contributed by atoms with van der Waals surface area (Å²) in [4.78, 5) is 11.9. The molecular weight excluding hydrogens is 447 g/mol. The third kappa shape index (κ3) is 6.15. The minimum absolute atomic E-state index is 0.00684. The van der Waals surface area contributed by atoms with E-state index in [2.05, 4.69) is 4.40 Å². The highest BCUT2D eigenvalue weighted by molar-refractivity contribution is 7.99. The van der Waals surface area contributed by atoms with Crippen molar-refractivity contribution in [3.63, 3.8) is 0 Å². The number of benzene rings is 2. The minimum Gasteiger partial charge on any atom is -0.591 e. The lowest BCUT2D eigenvalue weighted by Gasteiger charge is -2.18. The van der Waals surface area contributed by atoms with E-state index in [1.165, 1.54) is 18.2 Å². The number of alkyl halides is 3. The predicted octanol–water partition coefficient (Wildman–Crippen LogP) is 6.09. The van der Waals surface area contributed by atoms with Gasteiger partial charge in [0.15, 0.2) is 0 Å². The van der Waals surface area contributed by atoms with Gasteiger partial charge in [0.25, 0.3) is 0 Å². The Morgan fingerprint density at radius 3 is 2.41 bits per heavy atom. The maximum atomic E-state index is 13.2. The molecule has 156 valence electrons. The van der Waals surface area contributed by atoms with Crippen LogP contribution in [0.5, 0.6) is 0 Å². The van der Waals surface area contributed by atoms with Gasteiger partial charge < -0.3 is 9.66 Å². The lowest BCUT2D eigenvalue weighted by molar-refractivity contribution is -0.137. The molecule has 2 rings (SSSR count). The van der Waals surface area contributed by atoms with Gasteiger partial charge in [0.05, 0.1) is 22.4 Å². The van der Waals surface area contributed by atoms with Crippen molar-refractivity contribution in [1.82, 2.24) is 0 Å². The van der Waals surface area contributed by atoms with Crippen LogP contribution in [0, 0.1) is 0 Å². The molecule has 4 nitrogen and oxygen atoms in total. The molecule has 0 spiro atoms. The number of nitrogens with zero attached hydrogens (tertiary/aromatic N) is 1. The third-order valence-corrected chi connectivity index (χ3v) is 6.53. The fraction of sp³-hybridized carbons (Fsp3) is 0.263. The molecule has 10 heteroatoms. The van der Waals surface area contributed by atoms with Gasteiger partial charge in [-0.1, -0.05) is 39.9 Å². The standard InChI is InChI=1S/C19H17ClF3NO3S2/c1-18(2,3)29(27)24-10-11-8-12(19(21,22)23)9-14(20)16(11)28-15-7-5-4-6-13(15)17(25)26/h4-10H,1-3H3,(H,25,26). The van der Waals surface area contributed by atoms with E-state index < -0.39 is 33.8 Å². The van der Waals surface area contributed by atoms with Crippen molar-refractivity contribution in [3.8, 4) is 0 Å². The first-order chi connectivity index (χ1) is 13.3. The van der Waals surface area contributed by atoms with E-state index in [1.54, 1.807) is 26.8 Å². The summed E-state index contributed by atoms with van der Waals surface area (Å²) in [6.07, 6.45) is -3.56. The van der Waals surface area contributed by atoms with Gasteiger partial charge in [0.1, 0.15) is 16.1 Å². The topological polar surface area (TPSA) is 72.7 Å². The molecule has 0 radical (unpaired) electrons. The molecule has 0 aliphatic carbocycles. The van der Waals surface area contributed by atoms with E-state index in [4.69, 9.17) is 11.6 Å². The minimum atomic E-state index is -4.64. The molecule has 2 aromatic rings. The van der Waals surface area contributed by atoms with Gasteiger partial charge in [0, 0.05) is 15.4 Å². The van der Waals surface area contributed by atoms with Crippen LogP contribution in [0.2, 0.25) is 5.02 Å². The lowest BCUT2D eigenvalue weighted by atomic mass is 10.1. The number of halogens is 4. The maximum absolute atomic E-state index is 13.2. The average molecular weight is 464 g/mol. The summed E-state index contributed by atoms with van der Waals surface area (Å²) in [5.74, 6) is -1.18. The summed E-state index contributed by atoms with van der Waals surface area (Å²) in [5.41, 5.74) is -1.01. The Morgan fingerprint density at radius 2 is 1.86 bits per heavy atom. The highest BCUT2D eigenvalue weighted by Crippen LogP contribution is 2.41. The molecule has 0 saturated carbocycles. The Morgan fingerprint density at radius 1 is 1.24 bits per heavy atom. The van der Waals surface area contributed by atoms with Crippen LogP contribution in [0.4, 0.5) is 13.2 Å². The number of carbonyl (C=O) groups is 1. The summed E-state index contributed by atoms with van der Waals surface area (Å²) in [6, 6.07) is 7.67. The molecule has 1 N–H and O–H groups in total. The molecule has 0 aliphatic heterocycles. The molecule has 1 atom stereocenters. The fourth-order valence-electron chi connectivity index (χ4n) is 2.09. The van der Waals surface area contributed by atoms with Crippen molar-refractivity contribution in [2.75, 3.05) is 0 Å². The Kier molecular flexibility index (Phi) is 7.32. The summed E-state index contributed by atoms with van der Waals surface area (Å²) < 4.78 is 55.0. The zero-order valence-electron chi connectivity index (χ0n) is 15.6. The fourth-order valence-corrected chi connectivity index (χ4v) is 3.97. The molecule has 29 heavy (non-hydrogen) atoms. The third-order valence-electron chi connectivity index (χ3n) is 3.54. The highest BCUT2D eigenvalue weighted by Gasteiger charge is 2.32. The highest BCUT2D eigenvalue weighted by atomic mass is 35.5. The molecule has 0 aromatic heterocycles. The van der Waals surface area contributed by atoms with Crippen LogP contribution in [0.1, 0.15) is 42.3 Å². The normalized spacial score (nSPS) is 13.7. The number of rotatable bonds is 5. The van der Waals surface area contributed by atoms with Gasteiger partial charge in [-0.25, -0.2) is 4.79 Å². The van der Waals surface area contributed by atoms with E-state index in [1.807, 2.05) is 0 Å². The van der Waals surface area contributed by atoms with Gasteiger partial charge in [-0.15, -0.1) is 0 Å². The smallest absolute Gasteiger partial charge is 0.416 e. The second kappa shape index (κ2) is 8.99. The van der Waals surface area contributed by atoms with Crippen LogP contribution >= 0.6 is 23.4 Å². The molecule has 0 heterocycles. The van der Waals surface area contributed by atoms with Gasteiger partial charge in [-0.2, -0.15) is 13.2 Å². The number of hydrogen-bond acceptors (Lipinski definition) is 4. The van der Waals surface area contributed by atoms with E-state index in [0.29, 0.717) is 4.90 Å². The molecule has 0 aliphatic rings. The van der Waals surface area contributed by atoms with Crippen LogP contribution in [0.25, 0.3) is 0 Å². The number of hydrogen-bond donors (Lipinski definition) is 1. The Hall–Kier alpha value is -1.68. The summed E-state index contributed by atoms with van der Waals surface area (Å²) >= 11 is 5.33. The summed E-state index contributed by atoms with van der Waals surface area (Å²) in [6.45, 7) is 5.04. The SMILES string of the molecule is CC(C)(C)[S+]([O-])N=Cc1cc(C(F)(F)F)cc(Cl)c1Sc1ccccc1C(=O)O. The van der Waals surface area contributed by atoms with Crippen molar-refractivity contribution in [2.24, 2.45) is 4.40 Å². The summed E-state index contributed by atoms with van der Waals surface area (Å²) in [5, 5.41) is 9.12. The first kappa shape index (κ1) is 23.6. The van der Waals surface area contributed by atoms with Crippen LogP contribution in [-0.2, 0) is 17.5 Å².